The fourth-order valence-electron chi connectivity index (χ4n) is 0.977. The van der Waals surface area contributed by atoms with Crippen molar-refractivity contribution in [3.8, 4) is 12.3 Å². The highest BCUT2D eigenvalue weighted by Gasteiger charge is 2.12. The molecule has 0 saturated carbocycles. The molecule has 1 atom stereocenters. The first-order chi connectivity index (χ1) is 5.43. The Labute approximate surface area is 62.9 Å². The summed E-state index contributed by atoms with van der Waals surface area (Å²) in [5.74, 6) is 2.51. The molecule has 0 spiro atoms. The summed E-state index contributed by atoms with van der Waals surface area (Å²) in [6.45, 7) is 1.10. The molecule has 2 heteroatoms. The van der Waals surface area contributed by atoms with Crippen molar-refractivity contribution in [2.24, 2.45) is 0 Å². The molecule has 1 saturated heterocycles. The Hall–Kier alpha value is -0.520. The molecule has 0 aliphatic carbocycles. The van der Waals surface area contributed by atoms with Gasteiger partial charge in [0.15, 0.2) is 6.29 Å². The molecule has 1 fully saturated rings. The van der Waals surface area contributed by atoms with Crippen LogP contribution in [-0.4, -0.2) is 19.5 Å². The van der Waals surface area contributed by atoms with E-state index in [0.717, 1.165) is 19.4 Å². The maximum atomic E-state index is 6.54. The number of rotatable bonds is 2. The van der Waals surface area contributed by atoms with Gasteiger partial charge in [0.05, 0.1) is 0 Å². The molecule has 0 aromatic heterocycles. The van der Waals surface area contributed by atoms with E-state index in [-0.39, 0.29) is 6.29 Å². The standard InChI is InChI=1S/C8H12O2/c1-2-6-9-8-5-3-4-7-10-8/h1,8H,3-7H2/i1D. The van der Waals surface area contributed by atoms with Crippen LogP contribution in [0.1, 0.15) is 20.6 Å². The zero-order valence-corrected chi connectivity index (χ0v) is 5.93. The van der Waals surface area contributed by atoms with E-state index in [1.165, 1.54) is 6.42 Å². The van der Waals surface area contributed by atoms with Gasteiger partial charge in [0.2, 0.25) is 0 Å². The van der Waals surface area contributed by atoms with Crippen molar-refractivity contribution >= 4 is 0 Å². The SMILES string of the molecule is [2H]C#CCOC1CCCCO1. The molecular formula is C8H12O2. The van der Waals surface area contributed by atoms with Crippen LogP contribution in [0, 0.1) is 12.3 Å². The molecule has 56 valence electrons. The Balaban J connectivity index is 2.08. The predicted molar refractivity (Wildman–Crippen MR) is 38.4 cm³/mol. The third kappa shape index (κ3) is 2.38. The molecule has 0 amide bonds. The highest BCUT2D eigenvalue weighted by molar-refractivity contribution is 4.83. The molecule has 10 heavy (non-hydrogen) atoms. The lowest BCUT2D eigenvalue weighted by Gasteiger charge is -2.21. The lowest BCUT2D eigenvalue weighted by atomic mass is 10.2. The Morgan fingerprint density at radius 1 is 1.80 bits per heavy atom. The normalized spacial score (nSPS) is 26.4. The van der Waals surface area contributed by atoms with Crippen LogP contribution in [0.3, 0.4) is 0 Å². The minimum Gasteiger partial charge on any atom is -0.353 e. The van der Waals surface area contributed by atoms with Gasteiger partial charge in [-0.3, -0.25) is 0 Å². The van der Waals surface area contributed by atoms with Gasteiger partial charge in [0.25, 0.3) is 0 Å². The van der Waals surface area contributed by atoms with E-state index in [4.69, 9.17) is 10.8 Å². The summed E-state index contributed by atoms with van der Waals surface area (Å²) in [4.78, 5) is 0. The minimum absolute atomic E-state index is 0.0791. The molecule has 0 aromatic rings. The van der Waals surface area contributed by atoms with Crippen LogP contribution in [0.15, 0.2) is 0 Å². The van der Waals surface area contributed by atoms with Crippen molar-refractivity contribution in [2.75, 3.05) is 13.2 Å². The van der Waals surface area contributed by atoms with Gasteiger partial charge in [-0.2, -0.15) is 0 Å². The molecule has 2 nitrogen and oxygen atoms in total. The van der Waals surface area contributed by atoms with Crippen LogP contribution >= 0.6 is 0 Å². The van der Waals surface area contributed by atoms with Gasteiger partial charge in [-0.25, -0.2) is 0 Å². The Morgan fingerprint density at radius 2 is 2.80 bits per heavy atom. The first-order valence-electron chi connectivity index (χ1n) is 4.06. The van der Waals surface area contributed by atoms with Gasteiger partial charge in [0.1, 0.15) is 7.98 Å². The Morgan fingerprint density at radius 3 is 3.50 bits per heavy atom. The van der Waals surface area contributed by atoms with Crippen molar-refractivity contribution in [3.63, 3.8) is 0 Å². The van der Waals surface area contributed by atoms with Gasteiger partial charge in [0, 0.05) is 6.61 Å². The number of hydrogen-bond acceptors (Lipinski definition) is 2. The first-order valence-corrected chi connectivity index (χ1v) is 3.56. The van der Waals surface area contributed by atoms with Crippen LogP contribution in [-0.2, 0) is 9.47 Å². The summed E-state index contributed by atoms with van der Waals surface area (Å²) in [5.41, 5.74) is 0. The molecule has 1 aliphatic heterocycles. The Kier molecular flexibility index (Phi) is 2.68. The summed E-state index contributed by atoms with van der Waals surface area (Å²) < 4.78 is 17.0. The molecule has 1 rings (SSSR count). The maximum absolute atomic E-state index is 6.54. The van der Waals surface area contributed by atoms with Gasteiger partial charge in [-0.1, -0.05) is 5.92 Å². The third-order valence-electron chi connectivity index (χ3n) is 1.48. The molecule has 1 unspecified atom stereocenters. The fourth-order valence-corrected chi connectivity index (χ4v) is 0.977. The number of ether oxygens (including phenoxy) is 2. The van der Waals surface area contributed by atoms with Gasteiger partial charge in [-0.15, -0.1) is 6.40 Å². The van der Waals surface area contributed by atoms with Gasteiger partial charge >= 0.3 is 0 Å². The van der Waals surface area contributed by atoms with E-state index < -0.39 is 0 Å². The average Bonchev–Trinajstić information content (AvgIpc) is 2.07. The Bertz CT molecular complexity index is 153. The summed E-state index contributed by atoms with van der Waals surface area (Å²) in [6.07, 6.45) is 5.20. The summed E-state index contributed by atoms with van der Waals surface area (Å²) in [5, 5.41) is 0. The molecule has 0 aromatic carbocycles. The second-order valence-corrected chi connectivity index (χ2v) is 2.28. The molecular weight excluding hydrogens is 128 g/mol. The summed E-state index contributed by atoms with van der Waals surface area (Å²) in [7, 11) is 0. The lowest BCUT2D eigenvalue weighted by Crippen LogP contribution is -2.22. The average molecular weight is 141 g/mol. The van der Waals surface area contributed by atoms with Crippen molar-refractivity contribution in [1.29, 1.82) is 0 Å². The van der Waals surface area contributed by atoms with E-state index in [1.807, 2.05) is 6.40 Å². The van der Waals surface area contributed by atoms with Gasteiger partial charge < -0.3 is 9.47 Å². The molecule has 0 bridgehead atoms. The maximum Gasteiger partial charge on any atom is 0.158 e. The fraction of sp³-hybridized carbons (Fsp3) is 0.750. The van der Waals surface area contributed by atoms with Crippen LogP contribution < -0.4 is 0 Å². The summed E-state index contributed by atoms with van der Waals surface area (Å²) in [6, 6.07) is 0. The predicted octanol–water partition coefficient (Wildman–Crippen LogP) is 1.16. The van der Waals surface area contributed by atoms with E-state index >= 15 is 0 Å². The van der Waals surface area contributed by atoms with E-state index in [2.05, 4.69) is 5.92 Å². The highest BCUT2D eigenvalue weighted by Crippen LogP contribution is 2.12. The van der Waals surface area contributed by atoms with Crippen LogP contribution in [0.2, 0.25) is 0 Å². The monoisotopic (exact) mass is 141 g/mol. The zero-order valence-electron chi connectivity index (χ0n) is 6.93. The van der Waals surface area contributed by atoms with Crippen molar-refractivity contribution in [3.05, 3.63) is 0 Å². The molecule has 0 radical (unpaired) electrons. The van der Waals surface area contributed by atoms with E-state index in [1.54, 1.807) is 0 Å². The quantitative estimate of drug-likeness (QED) is 0.537. The highest BCUT2D eigenvalue weighted by atomic mass is 16.7. The van der Waals surface area contributed by atoms with E-state index in [0.29, 0.717) is 6.61 Å². The summed E-state index contributed by atoms with van der Waals surface area (Å²) >= 11 is 0. The van der Waals surface area contributed by atoms with Crippen LogP contribution in [0.4, 0.5) is 0 Å². The zero-order chi connectivity index (χ0) is 7.94. The second kappa shape index (κ2) is 4.32. The number of terminal acetylenes is 1. The minimum atomic E-state index is -0.0791. The van der Waals surface area contributed by atoms with Crippen molar-refractivity contribution < 1.29 is 10.8 Å². The smallest absolute Gasteiger partial charge is 0.158 e. The number of hydrogen-bond donors (Lipinski definition) is 0. The van der Waals surface area contributed by atoms with Crippen LogP contribution in [0.5, 0.6) is 0 Å². The van der Waals surface area contributed by atoms with Crippen molar-refractivity contribution in [1.82, 2.24) is 0 Å². The lowest BCUT2D eigenvalue weighted by molar-refractivity contribution is -0.154. The molecule has 1 heterocycles. The second-order valence-electron chi connectivity index (χ2n) is 2.28. The first kappa shape index (κ1) is 6.21. The third-order valence-corrected chi connectivity index (χ3v) is 1.48. The molecule has 0 N–H and O–H groups in total. The van der Waals surface area contributed by atoms with Gasteiger partial charge in [-0.05, 0) is 19.3 Å². The van der Waals surface area contributed by atoms with E-state index in [9.17, 15) is 0 Å². The topological polar surface area (TPSA) is 18.5 Å². The largest absolute Gasteiger partial charge is 0.353 e. The molecule has 1 aliphatic rings. The van der Waals surface area contributed by atoms with Crippen molar-refractivity contribution in [2.45, 2.75) is 25.6 Å². The van der Waals surface area contributed by atoms with Crippen LogP contribution in [0.25, 0.3) is 0 Å².